The van der Waals surface area contributed by atoms with Crippen LogP contribution in [0.1, 0.15) is 0 Å². The molecule has 0 amide bonds. The summed E-state index contributed by atoms with van der Waals surface area (Å²) in [5.74, 6) is 2.70. The molecule has 6 heteroatoms. The van der Waals surface area contributed by atoms with Crippen molar-refractivity contribution in [2.75, 3.05) is 19.8 Å². The highest BCUT2D eigenvalue weighted by atomic mass is 16.6. The van der Waals surface area contributed by atoms with Gasteiger partial charge in [0.2, 0.25) is 0 Å². The minimum atomic E-state index is -0.158. The average Bonchev–Trinajstić information content (AvgIpc) is 2.53. The Morgan fingerprint density at radius 2 is 2.57 bits per heavy atom. The molecular formula is C8H12BN3O2. The van der Waals surface area contributed by atoms with Gasteiger partial charge >= 0.3 is 0 Å². The summed E-state index contributed by atoms with van der Waals surface area (Å²) in [4.78, 5) is 2.69. The van der Waals surface area contributed by atoms with E-state index in [1.54, 1.807) is 0 Å². The first kappa shape index (κ1) is 10.9. The van der Waals surface area contributed by atoms with Crippen LogP contribution in [0.25, 0.3) is 10.4 Å². The maximum Gasteiger partial charge on any atom is 0.111 e. The Morgan fingerprint density at radius 1 is 1.79 bits per heavy atom. The number of ether oxygens (including phenoxy) is 2. The van der Waals surface area contributed by atoms with Gasteiger partial charge in [-0.05, 0) is 11.3 Å². The fourth-order valence-corrected chi connectivity index (χ4v) is 1.52. The lowest BCUT2D eigenvalue weighted by atomic mass is 9.83. The van der Waals surface area contributed by atoms with E-state index in [1.807, 2.05) is 7.85 Å². The van der Waals surface area contributed by atoms with Crippen LogP contribution in [0.3, 0.4) is 0 Å². The van der Waals surface area contributed by atoms with Gasteiger partial charge in [-0.2, -0.15) is 0 Å². The van der Waals surface area contributed by atoms with E-state index in [0.717, 1.165) is 0 Å². The predicted molar refractivity (Wildman–Crippen MR) is 54.6 cm³/mol. The van der Waals surface area contributed by atoms with Crippen molar-refractivity contribution < 1.29 is 9.47 Å². The molecule has 1 saturated heterocycles. The molecule has 0 spiro atoms. The van der Waals surface area contributed by atoms with Gasteiger partial charge in [-0.15, -0.1) is 6.42 Å². The molecule has 0 bridgehead atoms. The van der Waals surface area contributed by atoms with Crippen molar-refractivity contribution in [3.05, 3.63) is 10.4 Å². The van der Waals surface area contributed by atoms with Crippen molar-refractivity contribution >= 4 is 7.85 Å². The quantitative estimate of drug-likeness (QED) is 0.209. The number of azide groups is 1. The molecule has 0 saturated carbocycles. The second-order valence-corrected chi connectivity index (χ2v) is 3.24. The molecule has 74 valence electrons. The molecule has 0 radical (unpaired) electrons. The van der Waals surface area contributed by atoms with Crippen molar-refractivity contribution in [1.29, 1.82) is 0 Å². The van der Waals surface area contributed by atoms with Crippen molar-refractivity contribution in [3.63, 3.8) is 0 Å². The lowest BCUT2D eigenvalue weighted by Crippen LogP contribution is -2.30. The minimum Gasteiger partial charge on any atom is -0.376 e. The number of hydrogen-bond donors (Lipinski definition) is 0. The van der Waals surface area contributed by atoms with Crippen molar-refractivity contribution in [2.24, 2.45) is 5.11 Å². The monoisotopic (exact) mass is 193 g/mol. The molecule has 3 atom stereocenters. The molecule has 1 rings (SSSR count). The van der Waals surface area contributed by atoms with Crippen molar-refractivity contribution in [3.8, 4) is 12.3 Å². The van der Waals surface area contributed by atoms with Gasteiger partial charge in [0.25, 0.3) is 0 Å². The molecule has 1 fully saturated rings. The summed E-state index contributed by atoms with van der Waals surface area (Å²) in [6.45, 7) is 1.20. The zero-order valence-corrected chi connectivity index (χ0v) is 8.09. The van der Waals surface area contributed by atoms with Gasteiger partial charge in [-0.1, -0.05) is 11.0 Å². The highest BCUT2D eigenvalue weighted by Gasteiger charge is 2.34. The zero-order valence-electron chi connectivity index (χ0n) is 8.09. The van der Waals surface area contributed by atoms with Crippen LogP contribution in [-0.2, 0) is 9.47 Å². The molecule has 0 aromatic carbocycles. The first-order valence-electron chi connectivity index (χ1n) is 4.47. The topological polar surface area (TPSA) is 67.2 Å². The Hall–Kier alpha value is -1.15. The van der Waals surface area contributed by atoms with E-state index in [-0.39, 0.29) is 18.8 Å². The summed E-state index contributed by atoms with van der Waals surface area (Å²) in [7, 11) is 2.03. The normalized spacial score (nSPS) is 30.6. The van der Waals surface area contributed by atoms with Crippen LogP contribution in [0.15, 0.2) is 5.11 Å². The van der Waals surface area contributed by atoms with Gasteiger partial charge < -0.3 is 9.47 Å². The van der Waals surface area contributed by atoms with Gasteiger partial charge in [0.15, 0.2) is 0 Å². The van der Waals surface area contributed by atoms with Gasteiger partial charge in [0.1, 0.15) is 14.5 Å². The van der Waals surface area contributed by atoms with Crippen molar-refractivity contribution in [1.82, 2.24) is 0 Å². The lowest BCUT2D eigenvalue weighted by molar-refractivity contribution is 0.00923. The summed E-state index contributed by atoms with van der Waals surface area (Å²) < 4.78 is 10.8. The molecule has 0 aliphatic carbocycles. The third kappa shape index (κ3) is 2.67. The van der Waals surface area contributed by atoms with E-state index in [0.29, 0.717) is 19.0 Å². The molecule has 1 aliphatic rings. The Morgan fingerprint density at radius 3 is 3.21 bits per heavy atom. The molecule has 3 unspecified atom stereocenters. The lowest BCUT2D eigenvalue weighted by Gasteiger charge is -2.18. The standard InChI is InChI=1S/C8H12BN3O2/c1-2-3-13-8-6(9)5-14-7(8)4-11-12-10/h1,6-8H,3-5,9H2. The maximum atomic E-state index is 8.18. The third-order valence-corrected chi connectivity index (χ3v) is 2.18. The first-order chi connectivity index (χ1) is 6.79. The minimum absolute atomic E-state index is 0.0588. The number of rotatable bonds is 4. The van der Waals surface area contributed by atoms with Crippen LogP contribution in [0.4, 0.5) is 0 Å². The molecule has 5 nitrogen and oxygen atoms in total. The summed E-state index contributed by atoms with van der Waals surface area (Å²) in [6.07, 6.45) is 4.88. The van der Waals surface area contributed by atoms with E-state index in [9.17, 15) is 0 Å². The summed E-state index contributed by atoms with van der Waals surface area (Å²) >= 11 is 0. The molecule has 0 N–H and O–H groups in total. The van der Waals surface area contributed by atoms with Crippen LogP contribution < -0.4 is 0 Å². The fourth-order valence-electron chi connectivity index (χ4n) is 1.52. The Balaban J connectivity index is 2.48. The van der Waals surface area contributed by atoms with E-state index in [1.165, 1.54) is 0 Å². The Bertz CT molecular complexity index is 272. The summed E-state index contributed by atoms with van der Waals surface area (Å²) in [5.41, 5.74) is 8.18. The smallest absolute Gasteiger partial charge is 0.111 e. The van der Waals surface area contributed by atoms with Crippen LogP contribution >= 0.6 is 0 Å². The first-order valence-corrected chi connectivity index (χ1v) is 4.47. The van der Waals surface area contributed by atoms with Crippen LogP contribution in [0.5, 0.6) is 0 Å². The summed E-state index contributed by atoms with van der Waals surface area (Å²) in [5, 5.41) is 3.47. The second-order valence-electron chi connectivity index (χ2n) is 3.24. The molecular weight excluding hydrogens is 181 g/mol. The highest BCUT2D eigenvalue weighted by molar-refractivity contribution is 6.12. The molecule has 1 aliphatic heterocycles. The zero-order chi connectivity index (χ0) is 10.4. The van der Waals surface area contributed by atoms with Crippen LogP contribution in [0.2, 0.25) is 5.82 Å². The number of terminal acetylenes is 1. The Labute approximate surface area is 83.8 Å². The van der Waals surface area contributed by atoms with E-state index in [4.69, 9.17) is 21.4 Å². The molecule has 0 aromatic rings. The van der Waals surface area contributed by atoms with E-state index in [2.05, 4.69) is 15.9 Å². The van der Waals surface area contributed by atoms with Crippen LogP contribution in [-0.4, -0.2) is 39.8 Å². The molecule has 14 heavy (non-hydrogen) atoms. The predicted octanol–water partition coefficient (Wildman–Crippen LogP) is 0.135. The Kier molecular flexibility index (Phi) is 4.34. The SMILES string of the molecule is BC1COC(CN=[N+]=[N-])C1OCC#C. The average molecular weight is 193 g/mol. The third-order valence-electron chi connectivity index (χ3n) is 2.18. The molecule has 0 aromatic heterocycles. The van der Waals surface area contributed by atoms with E-state index < -0.39 is 0 Å². The van der Waals surface area contributed by atoms with Gasteiger partial charge in [-0.3, -0.25) is 0 Å². The largest absolute Gasteiger partial charge is 0.376 e. The molecule has 1 heterocycles. The van der Waals surface area contributed by atoms with E-state index >= 15 is 0 Å². The number of hydrogen-bond acceptors (Lipinski definition) is 3. The maximum absolute atomic E-state index is 8.18. The van der Waals surface area contributed by atoms with Gasteiger partial charge in [0, 0.05) is 11.5 Å². The van der Waals surface area contributed by atoms with Gasteiger partial charge in [-0.25, -0.2) is 0 Å². The summed E-state index contributed by atoms with van der Waals surface area (Å²) in [6, 6.07) is 0. The van der Waals surface area contributed by atoms with Crippen molar-refractivity contribution in [2.45, 2.75) is 18.0 Å². The second kappa shape index (κ2) is 5.56. The highest BCUT2D eigenvalue weighted by Crippen LogP contribution is 2.25. The number of nitrogens with zero attached hydrogens (tertiary/aromatic N) is 3. The van der Waals surface area contributed by atoms with Crippen LogP contribution in [0, 0.1) is 12.3 Å². The fraction of sp³-hybridized carbons (Fsp3) is 0.750. The van der Waals surface area contributed by atoms with Gasteiger partial charge in [0.05, 0.1) is 18.8 Å².